The predicted octanol–water partition coefficient (Wildman–Crippen LogP) is 2.74. The van der Waals surface area contributed by atoms with Crippen LogP contribution < -0.4 is 11.5 Å². The lowest BCUT2D eigenvalue weighted by molar-refractivity contribution is -0.123. The zero-order valence-corrected chi connectivity index (χ0v) is 17.2. The van der Waals surface area contributed by atoms with Gasteiger partial charge in [0.25, 0.3) is 0 Å². The first-order valence-corrected chi connectivity index (χ1v) is 10.1. The van der Waals surface area contributed by atoms with Crippen LogP contribution in [0.1, 0.15) is 85.5 Å². The smallest absolute Gasteiger partial charge is 0.220 e. The molecule has 0 saturated heterocycles. The number of aliphatic hydroxyl groups excluding tert-OH is 2. The molecule has 4 atom stereocenters. The Balaban J connectivity index is 0. The van der Waals surface area contributed by atoms with Gasteiger partial charge in [-0.25, -0.2) is 0 Å². The highest BCUT2D eigenvalue weighted by Gasteiger charge is 2.17. The van der Waals surface area contributed by atoms with Gasteiger partial charge in [0.1, 0.15) is 0 Å². The van der Waals surface area contributed by atoms with Crippen LogP contribution in [-0.2, 0) is 9.59 Å². The van der Waals surface area contributed by atoms with Crippen LogP contribution in [0.25, 0.3) is 0 Å². The van der Waals surface area contributed by atoms with E-state index in [1.165, 1.54) is 0 Å². The van der Waals surface area contributed by atoms with Crippen molar-refractivity contribution in [2.45, 2.75) is 91.6 Å². The van der Waals surface area contributed by atoms with E-state index in [-0.39, 0.29) is 42.3 Å². The normalized spacial score (nSPS) is 15.3. The molecule has 0 aromatic carbocycles. The third-order valence-electron chi connectivity index (χ3n) is 4.86. The maximum absolute atomic E-state index is 11.0. The van der Waals surface area contributed by atoms with Crippen LogP contribution in [0, 0.1) is 17.8 Å². The minimum atomic E-state index is -0.265. The van der Waals surface area contributed by atoms with Crippen molar-refractivity contribution >= 4 is 11.8 Å². The molecule has 0 spiro atoms. The molecule has 0 bridgehead atoms. The molecule has 6 N–H and O–H groups in total. The second kappa shape index (κ2) is 17.3. The Bertz CT molecular complexity index is 360. The fraction of sp³-hybridized carbons (Fsp3) is 0.900. The van der Waals surface area contributed by atoms with Crippen LogP contribution in [0.5, 0.6) is 0 Å². The number of amides is 2. The van der Waals surface area contributed by atoms with Gasteiger partial charge in [0.05, 0.1) is 6.10 Å². The molecule has 0 aliphatic carbocycles. The molecule has 26 heavy (non-hydrogen) atoms. The zero-order valence-electron chi connectivity index (χ0n) is 17.2. The van der Waals surface area contributed by atoms with Crippen molar-refractivity contribution in [2.24, 2.45) is 29.2 Å². The van der Waals surface area contributed by atoms with E-state index < -0.39 is 0 Å². The van der Waals surface area contributed by atoms with Crippen molar-refractivity contribution in [3.05, 3.63) is 0 Å². The van der Waals surface area contributed by atoms with E-state index >= 15 is 0 Å². The van der Waals surface area contributed by atoms with Gasteiger partial charge in [-0.2, -0.15) is 0 Å². The number of carbonyl (C=O) groups excluding carboxylic acids is 2. The van der Waals surface area contributed by atoms with Gasteiger partial charge in [0.15, 0.2) is 0 Å². The third-order valence-corrected chi connectivity index (χ3v) is 4.86. The summed E-state index contributed by atoms with van der Waals surface area (Å²) < 4.78 is 0. The summed E-state index contributed by atoms with van der Waals surface area (Å²) in [5.74, 6) is -0.365. The minimum absolute atomic E-state index is 0.0495. The average Bonchev–Trinajstić information content (AvgIpc) is 2.60. The molecule has 0 aliphatic rings. The van der Waals surface area contributed by atoms with Crippen molar-refractivity contribution in [3.63, 3.8) is 0 Å². The highest BCUT2D eigenvalue weighted by atomic mass is 16.3. The molecule has 6 heteroatoms. The molecule has 0 saturated carbocycles. The first kappa shape index (κ1) is 27.1. The standard InChI is InChI=1S/C11H23NO2.C9H19NO2/c1-3-5-9(11(12)14)7-8-10(13)6-4-2;1-3-7(6-11)5-8(4-2)9(10)12/h9-10,13H,3-8H2,1-2H3,(H2,12,14);7-8,11H,3-6H2,1-2H3,(H2,10,12). The molecule has 0 radical (unpaired) electrons. The van der Waals surface area contributed by atoms with Crippen LogP contribution in [0.4, 0.5) is 0 Å². The molecule has 2 amide bonds. The van der Waals surface area contributed by atoms with Crippen LogP contribution >= 0.6 is 0 Å². The summed E-state index contributed by atoms with van der Waals surface area (Å²) >= 11 is 0. The molecule has 0 fully saturated rings. The summed E-state index contributed by atoms with van der Waals surface area (Å²) in [7, 11) is 0. The molecule has 4 unspecified atom stereocenters. The predicted molar refractivity (Wildman–Crippen MR) is 106 cm³/mol. The number of primary amides is 2. The van der Waals surface area contributed by atoms with Crippen molar-refractivity contribution in [2.75, 3.05) is 6.61 Å². The fourth-order valence-electron chi connectivity index (χ4n) is 2.91. The van der Waals surface area contributed by atoms with Gasteiger partial charge in [-0.1, -0.05) is 47.0 Å². The summed E-state index contributed by atoms with van der Waals surface area (Å²) in [5.41, 5.74) is 10.4. The van der Waals surface area contributed by atoms with E-state index in [4.69, 9.17) is 16.6 Å². The highest BCUT2D eigenvalue weighted by molar-refractivity contribution is 5.76. The lowest BCUT2D eigenvalue weighted by Crippen LogP contribution is -2.25. The Labute approximate surface area is 159 Å². The van der Waals surface area contributed by atoms with Crippen molar-refractivity contribution in [3.8, 4) is 0 Å². The molecule has 156 valence electrons. The van der Waals surface area contributed by atoms with Crippen LogP contribution in [0.2, 0.25) is 0 Å². The average molecular weight is 375 g/mol. The first-order chi connectivity index (χ1) is 12.3. The van der Waals surface area contributed by atoms with Crippen molar-refractivity contribution in [1.82, 2.24) is 0 Å². The molecule has 6 nitrogen and oxygen atoms in total. The molecule has 0 aliphatic heterocycles. The van der Waals surface area contributed by atoms with E-state index in [1.807, 2.05) is 27.7 Å². The number of aliphatic hydroxyl groups is 2. The van der Waals surface area contributed by atoms with Gasteiger partial charge in [0.2, 0.25) is 11.8 Å². The Morgan fingerprint density at radius 2 is 1.35 bits per heavy atom. The van der Waals surface area contributed by atoms with Crippen molar-refractivity contribution < 1.29 is 19.8 Å². The van der Waals surface area contributed by atoms with Crippen LogP contribution in [-0.4, -0.2) is 34.7 Å². The van der Waals surface area contributed by atoms with Crippen LogP contribution in [0.3, 0.4) is 0 Å². The topological polar surface area (TPSA) is 127 Å². The second-order valence-corrected chi connectivity index (χ2v) is 7.11. The summed E-state index contributed by atoms with van der Waals surface area (Å²) in [6.07, 6.45) is 7.16. The largest absolute Gasteiger partial charge is 0.396 e. The molecule has 0 rings (SSSR count). The van der Waals surface area contributed by atoms with E-state index in [0.717, 1.165) is 51.4 Å². The number of carbonyl (C=O) groups is 2. The van der Waals surface area contributed by atoms with E-state index in [0.29, 0.717) is 6.42 Å². The van der Waals surface area contributed by atoms with Gasteiger partial charge in [0, 0.05) is 18.4 Å². The lowest BCUT2D eigenvalue weighted by atomic mass is 9.91. The Kier molecular flexibility index (Phi) is 18.0. The number of hydrogen-bond donors (Lipinski definition) is 4. The summed E-state index contributed by atoms with van der Waals surface area (Å²) in [6.45, 7) is 8.19. The summed E-state index contributed by atoms with van der Waals surface area (Å²) in [4.78, 5) is 21.8. The summed E-state index contributed by atoms with van der Waals surface area (Å²) in [5, 5.41) is 18.4. The van der Waals surface area contributed by atoms with Gasteiger partial charge < -0.3 is 21.7 Å². The summed E-state index contributed by atoms with van der Waals surface area (Å²) in [6, 6.07) is 0. The number of rotatable bonds is 14. The Morgan fingerprint density at radius 1 is 0.808 bits per heavy atom. The van der Waals surface area contributed by atoms with Gasteiger partial charge >= 0.3 is 0 Å². The molecule has 0 heterocycles. The number of hydrogen-bond acceptors (Lipinski definition) is 4. The molecular weight excluding hydrogens is 332 g/mol. The first-order valence-electron chi connectivity index (χ1n) is 10.1. The zero-order chi connectivity index (χ0) is 20.5. The van der Waals surface area contributed by atoms with Gasteiger partial charge in [-0.15, -0.1) is 0 Å². The van der Waals surface area contributed by atoms with Gasteiger partial charge in [-0.05, 0) is 44.4 Å². The van der Waals surface area contributed by atoms with E-state index in [9.17, 15) is 14.7 Å². The van der Waals surface area contributed by atoms with E-state index in [2.05, 4.69) is 0 Å². The quantitative estimate of drug-likeness (QED) is 0.373. The maximum Gasteiger partial charge on any atom is 0.220 e. The lowest BCUT2D eigenvalue weighted by Gasteiger charge is -2.16. The SMILES string of the molecule is CCC(CO)CC(CC)C(N)=O.CCCC(O)CCC(CCC)C(N)=O. The number of nitrogens with two attached hydrogens (primary N) is 2. The molecule has 0 aromatic heterocycles. The molecular formula is C20H42N2O4. The maximum atomic E-state index is 11.0. The van der Waals surface area contributed by atoms with Gasteiger partial charge in [-0.3, -0.25) is 9.59 Å². The van der Waals surface area contributed by atoms with Crippen molar-refractivity contribution in [1.29, 1.82) is 0 Å². The highest BCUT2D eigenvalue weighted by Crippen LogP contribution is 2.17. The monoisotopic (exact) mass is 374 g/mol. The second-order valence-electron chi connectivity index (χ2n) is 7.11. The Hall–Kier alpha value is -1.14. The molecule has 0 aromatic rings. The van der Waals surface area contributed by atoms with E-state index in [1.54, 1.807) is 0 Å². The van der Waals surface area contributed by atoms with Crippen LogP contribution in [0.15, 0.2) is 0 Å². The third kappa shape index (κ3) is 14.1. The minimum Gasteiger partial charge on any atom is -0.396 e. The Morgan fingerprint density at radius 3 is 1.69 bits per heavy atom. The fourth-order valence-corrected chi connectivity index (χ4v) is 2.91.